The van der Waals surface area contributed by atoms with Crippen molar-refractivity contribution in [1.29, 1.82) is 0 Å². The van der Waals surface area contributed by atoms with Crippen LogP contribution >= 0.6 is 24.0 Å². The second-order valence-electron chi connectivity index (χ2n) is 8.19. The van der Waals surface area contributed by atoms with Crippen LogP contribution in [0.2, 0.25) is 0 Å². The van der Waals surface area contributed by atoms with Crippen LogP contribution in [0.15, 0.2) is 47.5 Å². The SMILES string of the molecule is CN=C(NCc1ccc(OC)cc1OC)NCC1CCN(Cc2ccc(C)cc2)CC1.I. The highest BCUT2D eigenvalue weighted by Crippen LogP contribution is 2.24. The largest absolute Gasteiger partial charge is 0.497 e. The van der Waals surface area contributed by atoms with Gasteiger partial charge >= 0.3 is 0 Å². The number of rotatable bonds is 8. The third-order valence-corrected chi connectivity index (χ3v) is 5.96. The van der Waals surface area contributed by atoms with Crippen LogP contribution in [-0.2, 0) is 13.1 Å². The molecule has 2 aromatic rings. The molecule has 0 aliphatic carbocycles. The second-order valence-corrected chi connectivity index (χ2v) is 8.19. The maximum Gasteiger partial charge on any atom is 0.191 e. The highest BCUT2D eigenvalue weighted by Gasteiger charge is 2.19. The van der Waals surface area contributed by atoms with E-state index in [9.17, 15) is 0 Å². The fraction of sp³-hybridized carbons (Fsp3) is 0.480. The molecule has 1 fully saturated rings. The molecule has 2 aromatic carbocycles. The highest BCUT2D eigenvalue weighted by atomic mass is 127. The zero-order chi connectivity index (χ0) is 22.1. The van der Waals surface area contributed by atoms with E-state index in [1.165, 1.54) is 24.0 Å². The molecule has 1 saturated heterocycles. The number of nitrogens with zero attached hydrogens (tertiary/aromatic N) is 2. The van der Waals surface area contributed by atoms with Gasteiger partial charge in [-0.05, 0) is 56.5 Å². The standard InChI is InChI=1S/C25H36N4O2.HI/c1-19-5-7-21(8-6-19)18-29-13-11-20(12-14-29)16-27-25(26-2)28-17-22-9-10-23(30-3)15-24(22)31-4;/h5-10,15,20H,11-14,16-18H2,1-4H3,(H2,26,27,28);1H. The molecule has 1 heterocycles. The Morgan fingerprint density at radius 1 is 1.03 bits per heavy atom. The van der Waals surface area contributed by atoms with Crippen LogP contribution in [0, 0.1) is 12.8 Å². The van der Waals surface area contributed by atoms with Gasteiger partial charge in [0.05, 0.1) is 14.2 Å². The molecule has 6 nitrogen and oxygen atoms in total. The Kier molecular flexibility index (Phi) is 11.1. The number of likely N-dealkylation sites (tertiary alicyclic amines) is 1. The molecule has 0 saturated carbocycles. The molecule has 0 aromatic heterocycles. The maximum absolute atomic E-state index is 5.48. The first-order chi connectivity index (χ1) is 15.1. The molecule has 1 aliphatic heterocycles. The van der Waals surface area contributed by atoms with Gasteiger partial charge in [-0.2, -0.15) is 0 Å². The van der Waals surface area contributed by atoms with Crippen LogP contribution in [0.1, 0.15) is 29.5 Å². The van der Waals surface area contributed by atoms with Gasteiger partial charge in [0, 0.05) is 38.3 Å². The first kappa shape index (κ1) is 26.3. The summed E-state index contributed by atoms with van der Waals surface area (Å²) in [4.78, 5) is 6.93. The number of hydrogen-bond acceptors (Lipinski definition) is 4. The molecular formula is C25H37IN4O2. The van der Waals surface area contributed by atoms with Crippen LogP contribution < -0.4 is 20.1 Å². The van der Waals surface area contributed by atoms with E-state index < -0.39 is 0 Å². The molecule has 176 valence electrons. The van der Waals surface area contributed by atoms with Crippen molar-refractivity contribution in [3.05, 3.63) is 59.2 Å². The number of methoxy groups -OCH3 is 2. The number of aryl methyl sites for hydroxylation is 1. The van der Waals surface area contributed by atoms with Crippen LogP contribution in [0.3, 0.4) is 0 Å². The Morgan fingerprint density at radius 3 is 2.38 bits per heavy atom. The lowest BCUT2D eigenvalue weighted by Crippen LogP contribution is -2.42. The van der Waals surface area contributed by atoms with Crippen molar-refractivity contribution in [2.24, 2.45) is 10.9 Å². The van der Waals surface area contributed by atoms with Crippen molar-refractivity contribution in [3.8, 4) is 11.5 Å². The fourth-order valence-electron chi connectivity index (χ4n) is 3.94. The average molecular weight is 553 g/mol. The van der Waals surface area contributed by atoms with Crippen molar-refractivity contribution < 1.29 is 9.47 Å². The molecule has 7 heteroatoms. The summed E-state index contributed by atoms with van der Waals surface area (Å²) in [6, 6.07) is 14.8. The van der Waals surface area contributed by atoms with Gasteiger partial charge in [0.1, 0.15) is 11.5 Å². The lowest BCUT2D eigenvalue weighted by atomic mass is 9.96. The van der Waals surface area contributed by atoms with E-state index in [0.29, 0.717) is 12.5 Å². The van der Waals surface area contributed by atoms with E-state index in [1.807, 2.05) is 25.2 Å². The number of benzene rings is 2. The third-order valence-electron chi connectivity index (χ3n) is 5.96. The zero-order valence-electron chi connectivity index (χ0n) is 19.7. The minimum absolute atomic E-state index is 0. The minimum Gasteiger partial charge on any atom is -0.497 e. The predicted molar refractivity (Wildman–Crippen MR) is 142 cm³/mol. The number of hydrogen-bond donors (Lipinski definition) is 2. The van der Waals surface area contributed by atoms with Crippen LogP contribution in [0.25, 0.3) is 0 Å². The van der Waals surface area contributed by atoms with E-state index in [2.05, 4.69) is 51.7 Å². The molecular weight excluding hydrogens is 515 g/mol. The summed E-state index contributed by atoms with van der Waals surface area (Å²) in [5.41, 5.74) is 3.79. The molecule has 0 spiro atoms. The van der Waals surface area contributed by atoms with Crippen molar-refractivity contribution in [2.75, 3.05) is 40.9 Å². The van der Waals surface area contributed by atoms with Gasteiger partial charge in [-0.15, -0.1) is 24.0 Å². The summed E-state index contributed by atoms with van der Waals surface area (Å²) in [6.45, 7) is 7.07. The van der Waals surface area contributed by atoms with Crippen LogP contribution in [0.5, 0.6) is 11.5 Å². The number of guanidine groups is 1. The molecule has 0 atom stereocenters. The van der Waals surface area contributed by atoms with E-state index in [-0.39, 0.29) is 24.0 Å². The number of nitrogens with one attached hydrogen (secondary N) is 2. The summed E-state index contributed by atoms with van der Waals surface area (Å²) in [6.07, 6.45) is 2.42. The number of ether oxygens (including phenoxy) is 2. The first-order valence-electron chi connectivity index (χ1n) is 11.0. The van der Waals surface area contributed by atoms with Gasteiger partial charge in [-0.1, -0.05) is 29.8 Å². The summed E-state index contributed by atoms with van der Waals surface area (Å²) in [7, 11) is 5.15. The average Bonchev–Trinajstić information content (AvgIpc) is 2.81. The number of aliphatic imine (C=N–C) groups is 1. The van der Waals surface area contributed by atoms with Gasteiger partial charge in [-0.3, -0.25) is 9.89 Å². The Hall–Kier alpha value is -2.00. The van der Waals surface area contributed by atoms with Crippen molar-refractivity contribution in [1.82, 2.24) is 15.5 Å². The Balaban J connectivity index is 0.00000363. The molecule has 32 heavy (non-hydrogen) atoms. The van der Waals surface area contributed by atoms with Gasteiger partial charge in [-0.25, -0.2) is 0 Å². The minimum atomic E-state index is 0. The van der Waals surface area contributed by atoms with Crippen molar-refractivity contribution in [3.63, 3.8) is 0 Å². The maximum atomic E-state index is 5.48. The first-order valence-corrected chi connectivity index (χ1v) is 11.0. The summed E-state index contributed by atoms with van der Waals surface area (Å²) in [5, 5.41) is 6.89. The van der Waals surface area contributed by atoms with E-state index >= 15 is 0 Å². The van der Waals surface area contributed by atoms with Crippen LogP contribution in [-0.4, -0.2) is 51.8 Å². The zero-order valence-corrected chi connectivity index (χ0v) is 22.0. The number of piperidine rings is 1. The molecule has 0 amide bonds. The quantitative estimate of drug-likeness (QED) is 0.292. The molecule has 0 unspecified atom stereocenters. The normalized spacial score (nSPS) is 15.1. The summed E-state index contributed by atoms with van der Waals surface area (Å²) < 4.78 is 10.8. The Morgan fingerprint density at radius 2 is 1.75 bits per heavy atom. The van der Waals surface area contributed by atoms with Gasteiger partial charge in [0.25, 0.3) is 0 Å². The topological polar surface area (TPSA) is 58.1 Å². The lowest BCUT2D eigenvalue weighted by molar-refractivity contribution is 0.178. The third kappa shape index (κ3) is 7.85. The van der Waals surface area contributed by atoms with Crippen molar-refractivity contribution >= 4 is 29.9 Å². The molecule has 3 rings (SSSR count). The monoisotopic (exact) mass is 552 g/mol. The van der Waals surface area contributed by atoms with Crippen molar-refractivity contribution in [2.45, 2.75) is 32.9 Å². The Bertz CT molecular complexity index is 850. The Labute approximate surface area is 209 Å². The van der Waals surface area contributed by atoms with E-state index in [4.69, 9.17) is 9.47 Å². The van der Waals surface area contributed by atoms with E-state index in [1.54, 1.807) is 14.2 Å². The van der Waals surface area contributed by atoms with Crippen LogP contribution in [0.4, 0.5) is 0 Å². The molecule has 0 radical (unpaired) electrons. The number of halogens is 1. The highest BCUT2D eigenvalue weighted by molar-refractivity contribution is 14.0. The fourth-order valence-corrected chi connectivity index (χ4v) is 3.94. The van der Waals surface area contributed by atoms with Gasteiger partial charge in [0.15, 0.2) is 5.96 Å². The lowest BCUT2D eigenvalue weighted by Gasteiger charge is -2.32. The van der Waals surface area contributed by atoms with Gasteiger partial charge < -0.3 is 20.1 Å². The molecule has 0 bridgehead atoms. The van der Waals surface area contributed by atoms with E-state index in [0.717, 1.165) is 49.2 Å². The molecule has 1 aliphatic rings. The van der Waals surface area contributed by atoms with Gasteiger partial charge in [0.2, 0.25) is 0 Å². The smallest absolute Gasteiger partial charge is 0.191 e. The summed E-state index contributed by atoms with van der Waals surface area (Å²) in [5.74, 6) is 3.09. The second kappa shape index (κ2) is 13.5. The summed E-state index contributed by atoms with van der Waals surface area (Å²) >= 11 is 0. The molecule has 2 N–H and O–H groups in total. The predicted octanol–water partition coefficient (Wildman–Crippen LogP) is 4.21.